The number of aromatic hydroxyl groups is 1. The molecule has 3 aromatic carbocycles. The Morgan fingerprint density at radius 1 is 1.02 bits per heavy atom. The summed E-state index contributed by atoms with van der Waals surface area (Å²) in [4.78, 5) is 45.1. The lowest BCUT2D eigenvalue weighted by Crippen LogP contribution is -2.29. The minimum absolute atomic E-state index is 0.0692. The van der Waals surface area contributed by atoms with Crippen molar-refractivity contribution in [1.82, 2.24) is 4.98 Å². The first-order chi connectivity index (χ1) is 20.7. The molecule has 1 aromatic heterocycles. The number of methoxy groups -OCH3 is 1. The first-order valence-electron chi connectivity index (χ1n) is 13.3. The van der Waals surface area contributed by atoms with Crippen LogP contribution in [0.3, 0.4) is 0 Å². The molecule has 1 atom stereocenters. The van der Waals surface area contributed by atoms with Crippen LogP contribution >= 0.6 is 11.3 Å². The molecular formula is C32H28N2O8S. The average molecular weight is 601 g/mol. The van der Waals surface area contributed by atoms with Crippen molar-refractivity contribution >= 4 is 39.9 Å². The second kappa shape index (κ2) is 12.4. The zero-order valence-electron chi connectivity index (χ0n) is 23.6. The van der Waals surface area contributed by atoms with Crippen LogP contribution in [0.15, 0.2) is 78.4 Å². The van der Waals surface area contributed by atoms with E-state index in [1.807, 2.05) is 30.3 Å². The minimum atomic E-state index is -1.15. The molecule has 0 aliphatic carbocycles. The number of amides is 1. The van der Waals surface area contributed by atoms with Crippen molar-refractivity contribution < 1.29 is 38.8 Å². The number of nitrogens with zero attached hydrogens (tertiary/aromatic N) is 2. The summed E-state index contributed by atoms with van der Waals surface area (Å²) in [6.45, 7) is 3.94. The van der Waals surface area contributed by atoms with Gasteiger partial charge in [0.15, 0.2) is 16.6 Å². The quantitative estimate of drug-likeness (QED) is 0.110. The lowest BCUT2D eigenvalue weighted by molar-refractivity contribution is -0.132. The largest absolute Gasteiger partial charge is 0.507 e. The molecule has 2 heterocycles. The Hall–Kier alpha value is -5.16. The second-order valence-electron chi connectivity index (χ2n) is 9.53. The third-order valence-electron chi connectivity index (χ3n) is 6.78. The Kier molecular flexibility index (Phi) is 8.44. The van der Waals surface area contributed by atoms with Gasteiger partial charge in [0.25, 0.3) is 5.78 Å². The molecule has 0 spiro atoms. The highest BCUT2D eigenvalue weighted by atomic mass is 32.1. The fraction of sp³-hybridized carbons (Fsp3) is 0.188. The van der Waals surface area contributed by atoms with Gasteiger partial charge in [-0.15, -0.1) is 0 Å². The van der Waals surface area contributed by atoms with E-state index in [2.05, 4.69) is 4.98 Å². The molecule has 10 nitrogen and oxygen atoms in total. The van der Waals surface area contributed by atoms with E-state index in [9.17, 15) is 24.6 Å². The molecule has 1 aliphatic heterocycles. The van der Waals surface area contributed by atoms with Gasteiger partial charge < -0.3 is 24.4 Å². The van der Waals surface area contributed by atoms with Crippen molar-refractivity contribution in [2.45, 2.75) is 26.5 Å². The first-order valence-corrected chi connectivity index (χ1v) is 14.1. The number of aryl methyl sites for hydroxylation is 1. The van der Waals surface area contributed by atoms with Crippen molar-refractivity contribution in [2.24, 2.45) is 0 Å². The topological polar surface area (TPSA) is 135 Å². The van der Waals surface area contributed by atoms with E-state index in [4.69, 9.17) is 14.2 Å². The molecule has 1 fully saturated rings. The number of hydrogen-bond donors (Lipinski definition) is 2. The Balaban J connectivity index is 1.58. The summed E-state index contributed by atoms with van der Waals surface area (Å²) in [6, 6.07) is 19.4. The molecule has 1 amide bonds. The maximum absolute atomic E-state index is 13.5. The molecule has 0 bridgehead atoms. The van der Waals surface area contributed by atoms with E-state index in [1.165, 1.54) is 25.3 Å². The summed E-state index contributed by atoms with van der Waals surface area (Å²) in [5.41, 5.74) is 1.77. The third-order valence-corrected chi connectivity index (χ3v) is 7.92. The summed E-state index contributed by atoms with van der Waals surface area (Å²) < 4.78 is 16.2. The van der Waals surface area contributed by atoms with Gasteiger partial charge in [0.1, 0.15) is 23.0 Å². The number of ether oxygens (including phenoxy) is 3. The summed E-state index contributed by atoms with van der Waals surface area (Å²) in [7, 11) is 1.23. The number of thiazole rings is 1. The van der Waals surface area contributed by atoms with Crippen LogP contribution in [0.2, 0.25) is 0 Å². The molecule has 1 aliphatic rings. The van der Waals surface area contributed by atoms with Gasteiger partial charge >= 0.3 is 11.9 Å². The zero-order chi connectivity index (χ0) is 30.7. The van der Waals surface area contributed by atoms with Gasteiger partial charge in [-0.3, -0.25) is 14.5 Å². The zero-order valence-corrected chi connectivity index (χ0v) is 24.4. The van der Waals surface area contributed by atoms with Crippen LogP contribution in [0.25, 0.3) is 5.76 Å². The first kappa shape index (κ1) is 29.3. The molecule has 2 N–H and O–H groups in total. The Morgan fingerprint density at radius 2 is 1.74 bits per heavy atom. The second-order valence-corrected chi connectivity index (χ2v) is 10.5. The van der Waals surface area contributed by atoms with Crippen LogP contribution in [0, 0.1) is 6.92 Å². The van der Waals surface area contributed by atoms with Crippen molar-refractivity contribution in [1.29, 1.82) is 0 Å². The van der Waals surface area contributed by atoms with E-state index >= 15 is 0 Å². The number of aliphatic hydroxyl groups is 1. The predicted octanol–water partition coefficient (Wildman–Crippen LogP) is 5.55. The molecule has 4 aromatic rings. The standard InChI is InChI=1S/C32H28N2O8S/c1-4-41-24-16-21(12-15-23(24)35)26-25(28(37)30(38)34(26)32-33-18(2)29(43-32)31(39)40-3)27(36)20-10-13-22(14-11-20)42-17-19-8-6-5-7-9-19/h5-16,26,35-36H,4,17H2,1-3H3/b27-25+. The number of aliphatic hydroxyl groups excluding tert-OH is 1. The van der Waals surface area contributed by atoms with Gasteiger partial charge in [0.2, 0.25) is 0 Å². The number of benzene rings is 3. The number of carbonyl (C=O) groups excluding carboxylic acids is 3. The van der Waals surface area contributed by atoms with E-state index in [1.54, 1.807) is 38.1 Å². The average Bonchev–Trinajstić information content (AvgIpc) is 3.53. The number of rotatable bonds is 9. The number of aromatic nitrogens is 1. The highest BCUT2D eigenvalue weighted by Gasteiger charge is 2.48. The van der Waals surface area contributed by atoms with Crippen molar-refractivity contribution in [3.63, 3.8) is 0 Å². The number of hydrogen-bond acceptors (Lipinski definition) is 10. The smallest absolute Gasteiger partial charge is 0.350 e. The van der Waals surface area contributed by atoms with Crippen LogP contribution in [0.4, 0.5) is 5.13 Å². The third kappa shape index (κ3) is 5.80. The van der Waals surface area contributed by atoms with Crippen LogP contribution in [-0.4, -0.2) is 46.6 Å². The molecule has 1 saturated heterocycles. The van der Waals surface area contributed by atoms with Gasteiger partial charge in [0, 0.05) is 5.56 Å². The number of ketones is 1. The number of esters is 1. The maximum atomic E-state index is 13.5. The van der Waals surface area contributed by atoms with Crippen LogP contribution < -0.4 is 14.4 Å². The number of Topliss-reactive ketones (excluding diaryl/α,β-unsaturated/α-hetero) is 1. The van der Waals surface area contributed by atoms with E-state index < -0.39 is 29.5 Å². The Labute approximate surface area is 251 Å². The molecule has 43 heavy (non-hydrogen) atoms. The monoisotopic (exact) mass is 600 g/mol. The summed E-state index contributed by atoms with van der Waals surface area (Å²) in [6.07, 6.45) is 0. The summed E-state index contributed by atoms with van der Waals surface area (Å²) in [5, 5.41) is 21.9. The van der Waals surface area contributed by atoms with Gasteiger partial charge in [-0.1, -0.05) is 47.7 Å². The molecule has 220 valence electrons. The van der Waals surface area contributed by atoms with Crippen molar-refractivity contribution in [3.8, 4) is 17.2 Å². The van der Waals surface area contributed by atoms with Crippen molar-refractivity contribution in [3.05, 3.63) is 106 Å². The lowest BCUT2D eigenvalue weighted by Gasteiger charge is -2.23. The fourth-order valence-corrected chi connectivity index (χ4v) is 5.70. The molecule has 0 radical (unpaired) electrons. The number of anilines is 1. The van der Waals surface area contributed by atoms with E-state index in [0.717, 1.165) is 21.8 Å². The maximum Gasteiger partial charge on any atom is 0.350 e. The number of phenols is 1. The van der Waals surface area contributed by atoms with E-state index in [-0.39, 0.29) is 39.3 Å². The summed E-state index contributed by atoms with van der Waals surface area (Å²) in [5.74, 6) is -2.37. The Bertz CT molecular complexity index is 1710. The van der Waals surface area contributed by atoms with Crippen LogP contribution in [0.1, 0.15) is 45.0 Å². The molecule has 0 saturated carbocycles. The molecule has 5 rings (SSSR count). The predicted molar refractivity (Wildman–Crippen MR) is 159 cm³/mol. The molecular weight excluding hydrogens is 572 g/mol. The van der Waals surface area contributed by atoms with Gasteiger partial charge in [-0.2, -0.15) is 0 Å². The number of carbonyl (C=O) groups is 3. The number of phenolic OH excluding ortho intramolecular Hbond substituents is 1. The van der Waals surface area contributed by atoms with Gasteiger partial charge in [0.05, 0.1) is 31.0 Å². The molecule has 1 unspecified atom stereocenters. The van der Waals surface area contributed by atoms with Crippen LogP contribution in [-0.2, 0) is 20.9 Å². The Morgan fingerprint density at radius 3 is 2.42 bits per heavy atom. The van der Waals surface area contributed by atoms with Crippen molar-refractivity contribution in [2.75, 3.05) is 18.6 Å². The normalized spacial score (nSPS) is 15.9. The van der Waals surface area contributed by atoms with E-state index in [0.29, 0.717) is 23.6 Å². The minimum Gasteiger partial charge on any atom is -0.507 e. The summed E-state index contributed by atoms with van der Waals surface area (Å²) >= 11 is 0.892. The fourth-order valence-electron chi connectivity index (χ4n) is 4.69. The SMILES string of the molecule is CCOc1cc(C2/C(=C(\O)c3ccc(OCc4ccccc4)cc3)C(=O)C(=O)N2c2nc(C)c(C(=O)OC)s2)ccc1O. The van der Waals surface area contributed by atoms with Gasteiger partial charge in [-0.25, -0.2) is 9.78 Å². The highest BCUT2D eigenvalue weighted by molar-refractivity contribution is 7.17. The van der Waals surface area contributed by atoms with Gasteiger partial charge in [-0.05, 0) is 61.4 Å². The molecule has 11 heteroatoms. The van der Waals surface area contributed by atoms with Crippen LogP contribution in [0.5, 0.6) is 17.2 Å². The lowest BCUT2D eigenvalue weighted by atomic mass is 9.95. The highest BCUT2D eigenvalue weighted by Crippen LogP contribution is 2.45.